The molecular formula is C15H19NO4. The van der Waals surface area contributed by atoms with Gasteiger partial charge in [-0.2, -0.15) is 4.99 Å². The van der Waals surface area contributed by atoms with Crippen LogP contribution in [0.1, 0.15) is 38.9 Å². The molecular weight excluding hydrogens is 258 g/mol. The van der Waals surface area contributed by atoms with E-state index in [2.05, 4.69) is 4.99 Å². The summed E-state index contributed by atoms with van der Waals surface area (Å²) in [5, 5.41) is 0. The van der Waals surface area contributed by atoms with Crippen LogP contribution in [0.15, 0.2) is 35.3 Å². The zero-order valence-corrected chi connectivity index (χ0v) is 12.0. The quantitative estimate of drug-likeness (QED) is 0.612. The summed E-state index contributed by atoms with van der Waals surface area (Å²) in [6, 6.07) is 9.36. The lowest BCUT2D eigenvalue weighted by molar-refractivity contribution is -0.141. The Balaban J connectivity index is 2.52. The van der Waals surface area contributed by atoms with Gasteiger partial charge in [-0.3, -0.25) is 4.79 Å². The minimum Gasteiger partial charge on any atom is -0.466 e. The fraction of sp³-hybridized carbons (Fsp3) is 0.400. The number of esters is 1. The monoisotopic (exact) mass is 277 g/mol. The van der Waals surface area contributed by atoms with Gasteiger partial charge in [0.15, 0.2) is 0 Å². The Hall–Kier alpha value is -2.17. The van der Waals surface area contributed by atoms with Crippen molar-refractivity contribution in [2.45, 2.75) is 33.3 Å². The van der Waals surface area contributed by atoms with Crippen molar-refractivity contribution < 1.29 is 19.1 Å². The Morgan fingerprint density at radius 3 is 2.50 bits per heavy atom. The topological polar surface area (TPSA) is 65.0 Å². The van der Waals surface area contributed by atoms with Crippen LogP contribution in [0, 0.1) is 0 Å². The first-order chi connectivity index (χ1) is 9.52. The molecule has 0 aliphatic carbocycles. The van der Waals surface area contributed by atoms with Crippen molar-refractivity contribution in [1.82, 2.24) is 0 Å². The number of carbonyl (C=O) groups is 2. The minimum atomic E-state index is -0.705. The minimum absolute atomic E-state index is 0.0113. The molecule has 5 heteroatoms. The molecule has 0 bridgehead atoms. The Labute approximate surface area is 118 Å². The second-order valence-electron chi connectivity index (χ2n) is 4.27. The van der Waals surface area contributed by atoms with E-state index in [1.54, 1.807) is 20.8 Å². The first kappa shape index (κ1) is 15.9. The maximum Gasteiger partial charge on any atom is 0.434 e. The molecule has 20 heavy (non-hydrogen) atoms. The van der Waals surface area contributed by atoms with Gasteiger partial charge in [-0.1, -0.05) is 30.3 Å². The molecule has 1 rings (SSSR count). The van der Waals surface area contributed by atoms with Gasteiger partial charge < -0.3 is 9.47 Å². The summed E-state index contributed by atoms with van der Waals surface area (Å²) in [6.07, 6.45) is -1.10. The molecule has 5 nitrogen and oxygen atoms in total. The predicted molar refractivity (Wildman–Crippen MR) is 75.7 cm³/mol. The van der Waals surface area contributed by atoms with Crippen LogP contribution < -0.4 is 0 Å². The molecule has 0 N–H and O–H groups in total. The van der Waals surface area contributed by atoms with E-state index in [0.29, 0.717) is 12.3 Å². The average Bonchev–Trinajstić information content (AvgIpc) is 2.39. The van der Waals surface area contributed by atoms with E-state index >= 15 is 0 Å². The van der Waals surface area contributed by atoms with Crippen molar-refractivity contribution in [3.8, 4) is 0 Å². The number of hydrogen-bond donors (Lipinski definition) is 0. The molecule has 0 heterocycles. The van der Waals surface area contributed by atoms with Gasteiger partial charge in [0.2, 0.25) is 0 Å². The zero-order chi connectivity index (χ0) is 15.0. The van der Waals surface area contributed by atoms with E-state index in [1.165, 1.54) is 0 Å². The standard InChI is InChI=1S/C15H19NO4/c1-4-19-14(17)10-11(2)16-15(18)20-12(3)13-8-6-5-7-9-13/h5-9,12H,4,10H2,1-3H3. The van der Waals surface area contributed by atoms with Crippen LogP contribution in [0.3, 0.4) is 0 Å². The van der Waals surface area contributed by atoms with E-state index in [-0.39, 0.29) is 12.5 Å². The van der Waals surface area contributed by atoms with Crippen LogP contribution >= 0.6 is 0 Å². The largest absolute Gasteiger partial charge is 0.466 e. The van der Waals surface area contributed by atoms with Gasteiger partial charge in [0.1, 0.15) is 6.10 Å². The van der Waals surface area contributed by atoms with E-state index in [1.807, 2.05) is 30.3 Å². The summed E-state index contributed by atoms with van der Waals surface area (Å²) in [5.74, 6) is -0.405. The van der Waals surface area contributed by atoms with Crippen LogP contribution in [0.4, 0.5) is 4.79 Å². The number of aliphatic imine (C=N–C) groups is 1. The van der Waals surface area contributed by atoms with E-state index in [9.17, 15) is 9.59 Å². The number of amides is 1. The van der Waals surface area contributed by atoms with Crippen LogP contribution in [0.2, 0.25) is 0 Å². The first-order valence-corrected chi connectivity index (χ1v) is 6.48. The fourth-order valence-electron chi connectivity index (χ4n) is 1.59. The number of hydrogen-bond acceptors (Lipinski definition) is 4. The summed E-state index contributed by atoms with van der Waals surface area (Å²) in [6.45, 7) is 5.39. The number of nitrogens with zero attached hydrogens (tertiary/aromatic N) is 1. The maximum absolute atomic E-state index is 11.6. The highest BCUT2D eigenvalue weighted by molar-refractivity contribution is 6.01. The molecule has 0 aliphatic heterocycles. The highest BCUT2D eigenvalue weighted by Crippen LogP contribution is 2.16. The molecule has 0 saturated carbocycles. The van der Waals surface area contributed by atoms with Crippen molar-refractivity contribution >= 4 is 17.8 Å². The SMILES string of the molecule is CCOC(=O)CC(C)=NC(=O)OC(C)c1ccccc1. The number of carbonyl (C=O) groups excluding carboxylic acids is 2. The summed E-state index contributed by atoms with van der Waals surface area (Å²) < 4.78 is 9.94. The second-order valence-corrected chi connectivity index (χ2v) is 4.27. The van der Waals surface area contributed by atoms with E-state index in [4.69, 9.17) is 9.47 Å². The third kappa shape index (κ3) is 5.65. The van der Waals surface area contributed by atoms with Gasteiger partial charge in [-0.05, 0) is 26.3 Å². The van der Waals surface area contributed by atoms with Crippen LogP contribution in [-0.4, -0.2) is 24.4 Å². The molecule has 1 amide bonds. The highest BCUT2D eigenvalue weighted by atomic mass is 16.6. The number of rotatable bonds is 5. The molecule has 0 aliphatic rings. The molecule has 0 fully saturated rings. The number of ether oxygens (including phenoxy) is 2. The van der Waals surface area contributed by atoms with Gasteiger partial charge in [0.25, 0.3) is 0 Å². The second kappa shape index (κ2) is 8.09. The smallest absolute Gasteiger partial charge is 0.434 e. The summed E-state index contributed by atoms with van der Waals surface area (Å²) in [4.78, 5) is 26.6. The van der Waals surface area contributed by atoms with Gasteiger partial charge in [-0.25, -0.2) is 4.79 Å². The zero-order valence-electron chi connectivity index (χ0n) is 12.0. The Morgan fingerprint density at radius 2 is 1.90 bits per heavy atom. The maximum atomic E-state index is 11.6. The molecule has 0 radical (unpaired) electrons. The van der Waals surface area contributed by atoms with Crippen molar-refractivity contribution in [3.63, 3.8) is 0 Å². The molecule has 0 aromatic heterocycles. The Kier molecular flexibility index (Phi) is 6.43. The van der Waals surface area contributed by atoms with Gasteiger partial charge >= 0.3 is 12.1 Å². The van der Waals surface area contributed by atoms with Crippen LogP contribution in [0.25, 0.3) is 0 Å². The van der Waals surface area contributed by atoms with Crippen LogP contribution in [0.5, 0.6) is 0 Å². The normalized spacial score (nSPS) is 12.7. The van der Waals surface area contributed by atoms with Crippen LogP contribution in [-0.2, 0) is 14.3 Å². The van der Waals surface area contributed by atoms with Gasteiger partial charge in [0, 0.05) is 5.71 Å². The van der Waals surface area contributed by atoms with Gasteiger partial charge in [-0.15, -0.1) is 0 Å². The highest BCUT2D eigenvalue weighted by Gasteiger charge is 2.12. The lowest BCUT2D eigenvalue weighted by Gasteiger charge is -2.11. The molecule has 1 atom stereocenters. The van der Waals surface area contributed by atoms with E-state index < -0.39 is 12.1 Å². The first-order valence-electron chi connectivity index (χ1n) is 6.48. The summed E-state index contributed by atoms with van der Waals surface area (Å²) in [7, 11) is 0. The molecule has 108 valence electrons. The third-order valence-electron chi connectivity index (χ3n) is 2.53. The molecule has 1 unspecified atom stereocenters. The van der Waals surface area contributed by atoms with Crippen molar-refractivity contribution in [1.29, 1.82) is 0 Å². The summed E-state index contributed by atoms with van der Waals surface area (Å²) in [5.41, 5.74) is 1.26. The Morgan fingerprint density at radius 1 is 1.25 bits per heavy atom. The predicted octanol–water partition coefficient (Wildman–Crippen LogP) is 3.30. The fourth-order valence-corrected chi connectivity index (χ4v) is 1.59. The van der Waals surface area contributed by atoms with Crippen molar-refractivity contribution in [2.75, 3.05) is 6.61 Å². The molecule has 1 aromatic carbocycles. The van der Waals surface area contributed by atoms with Gasteiger partial charge in [0.05, 0.1) is 13.0 Å². The molecule has 0 spiro atoms. The lowest BCUT2D eigenvalue weighted by atomic mass is 10.1. The lowest BCUT2D eigenvalue weighted by Crippen LogP contribution is -2.12. The third-order valence-corrected chi connectivity index (χ3v) is 2.53. The molecule has 1 aromatic rings. The number of benzene rings is 1. The molecule has 0 saturated heterocycles. The Bertz CT molecular complexity index is 482. The summed E-state index contributed by atoms with van der Waals surface area (Å²) >= 11 is 0. The van der Waals surface area contributed by atoms with Crippen molar-refractivity contribution in [2.24, 2.45) is 4.99 Å². The van der Waals surface area contributed by atoms with E-state index in [0.717, 1.165) is 5.56 Å². The van der Waals surface area contributed by atoms with Crippen molar-refractivity contribution in [3.05, 3.63) is 35.9 Å². The average molecular weight is 277 g/mol.